The molecule has 22 heavy (non-hydrogen) atoms. The molecule has 0 spiro atoms. The summed E-state index contributed by atoms with van der Waals surface area (Å²) in [5.74, 6) is 3.97. The number of nitrogens with zero attached hydrogens (tertiary/aromatic N) is 3. The van der Waals surface area contributed by atoms with Crippen LogP contribution in [0.1, 0.15) is 51.4 Å². The van der Waals surface area contributed by atoms with E-state index in [2.05, 4.69) is 46.9 Å². The Morgan fingerprint density at radius 3 is 2.68 bits per heavy atom. The average Bonchev–Trinajstić information content (AvgIpc) is 2.90. The van der Waals surface area contributed by atoms with Gasteiger partial charge in [0.05, 0.1) is 6.04 Å². The molecule has 1 N–H and O–H groups in total. The third-order valence-electron chi connectivity index (χ3n) is 5.61. The lowest BCUT2D eigenvalue weighted by Gasteiger charge is -2.38. The predicted octanol–water partition coefficient (Wildman–Crippen LogP) is 2.83. The lowest BCUT2D eigenvalue weighted by molar-refractivity contribution is 0.125. The fraction of sp³-hybridized carbons (Fsp3) is 0.833. The number of hydrogen-bond donors (Lipinski definition) is 1. The van der Waals surface area contributed by atoms with Crippen molar-refractivity contribution in [2.45, 2.75) is 45.6 Å². The second kappa shape index (κ2) is 7.14. The highest BCUT2D eigenvalue weighted by Crippen LogP contribution is 2.35. The zero-order valence-electron chi connectivity index (χ0n) is 14.5. The third kappa shape index (κ3) is 3.72. The number of rotatable bonds is 4. The van der Waals surface area contributed by atoms with Gasteiger partial charge in [0, 0.05) is 39.1 Å². The standard InChI is InChI=1S/C18H32N4/c1-14-10-15(2)12-16(11-14)4-7-22-9-5-19-13-17(22)18-20-6-8-21(18)3/h6,8,14-17,19H,4-5,7,9-13H2,1-3H3. The Kier molecular flexibility index (Phi) is 5.19. The van der Waals surface area contributed by atoms with Crippen molar-refractivity contribution in [2.75, 3.05) is 26.2 Å². The van der Waals surface area contributed by atoms with E-state index in [1.54, 1.807) is 0 Å². The van der Waals surface area contributed by atoms with Crippen molar-refractivity contribution in [1.29, 1.82) is 0 Å². The van der Waals surface area contributed by atoms with Gasteiger partial charge in [0.1, 0.15) is 5.82 Å². The Bertz CT molecular complexity index is 459. The first-order valence-corrected chi connectivity index (χ1v) is 9.05. The number of hydrogen-bond acceptors (Lipinski definition) is 3. The van der Waals surface area contributed by atoms with Crippen LogP contribution < -0.4 is 5.32 Å². The molecule has 1 aliphatic heterocycles. The maximum atomic E-state index is 4.59. The minimum Gasteiger partial charge on any atom is -0.337 e. The van der Waals surface area contributed by atoms with Crippen LogP contribution in [0.15, 0.2) is 12.4 Å². The molecule has 4 nitrogen and oxygen atoms in total. The normalized spacial score (nSPS) is 34.0. The molecular formula is C18H32N4. The van der Waals surface area contributed by atoms with Gasteiger partial charge in [-0.3, -0.25) is 4.90 Å². The molecule has 2 fully saturated rings. The smallest absolute Gasteiger partial charge is 0.127 e. The molecule has 3 atom stereocenters. The number of aryl methyl sites for hydroxylation is 1. The van der Waals surface area contributed by atoms with E-state index in [0.717, 1.165) is 37.4 Å². The molecule has 3 unspecified atom stereocenters. The maximum absolute atomic E-state index is 4.59. The molecule has 1 saturated carbocycles. The molecule has 0 radical (unpaired) electrons. The molecule has 124 valence electrons. The van der Waals surface area contributed by atoms with Gasteiger partial charge in [0.25, 0.3) is 0 Å². The molecule has 2 heterocycles. The molecule has 1 saturated heterocycles. The third-order valence-corrected chi connectivity index (χ3v) is 5.61. The van der Waals surface area contributed by atoms with Crippen molar-refractivity contribution in [3.63, 3.8) is 0 Å². The summed E-state index contributed by atoms with van der Waals surface area (Å²) in [5, 5.41) is 3.54. The van der Waals surface area contributed by atoms with Crippen molar-refractivity contribution in [1.82, 2.24) is 19.8 Å². The first-order chi connectivity index (χ1) is 10.6. The van der Waals surface area contributed by atoms with Gasteiger partial charge < -0.3 is 9.88 Å². The minimum absolute atomic E-state index is 0.437. The number of aromatic nitrogens is 2. The summed E-state index contributed by atoms with van der Waals surface area (Å²) < 4.78 is 2.18. The van der Waals surface area contributed by atoms with Crippen LogP contribution >= 0.6 is 0 Å². The summed E-state index contributed by atoms with van der Waals surface area (Å²) >= 11 is 0. The van der Waals surface area contributed by atoms with Crippen LogP contribution in [0.3, 0.4) is 0 Å². The first kappa shape index (κ1) is 16.0. The molecule has 0 bridgehead atoms. The first-order valence-electron chi connectivity index (χ1n) is 9.05. The highest BCUT2D eigenvalue weighted by Gasteiger charge is 2.29. The zero-order valence-corrected chi connectivity index (χ0v) is 14.5. The molecule has 1 aromatic heterocycles. The Morgan fingerprint density at radius 2 is 2.00 bits per heavy atom. The summed E-state index contributed by atoms with van der Waals surface area (Å²) in [7, 11) is 2.11. The number of nitrogens with one attached hydrogen (secondary N) is 1. The van der Waals surface area contributed by atoms with E-state index in [0.29, 0.717) is 6.04 Å². The Labute approximate surface area is 135 Å². The molecule has 1 aliphatic carbocycles. The van der Waals surface area contributed by atoms with Crippen LogP contribution in [0.5, 0.6) is 0 Å². The average molecular weight is 304 g/mol. The van der Waals surface area contributed by atoms with Crippen LogP contribution in [0, 0.1) is 17.8 Å². The van der Waals surface area contributed by atoms with Gasteiger partial charge in [0.2, 0.25) is 0 Å². The molecule has 1 aromatic rings. The van der Waals surface area contributed by atoms with Gasteiger partial charge in [0.15, 0.2) is 0 Å². The van der Waals surface area contributed by atoms with Gasteiger partial charge in [-0.15, -0.1) is 0 Å². The molecule has 3 rings (SSSR count). The van der Waals surface area contributed by atoms with Crippen molar-refractivity contribution in [3.05, 3.63) is 18.2 Å². The summed E-state index contributed by atoms with van der Waals surface area (Å²) in [5.41, 5.74) is 0. The number of piperazine rings is 1. The van der Waals surface area contributed by atoms with Crippen molar-refractivity contribution in [2.24, 2.45) is 24.8 Å². The van der Waals surface area contributed by atoms with E-state index in [1.165, 1.54) is 38.1 Å². The van der Waals surface area contributed by atoms with E-state index in [-0.39, 0.29) is 0 Å². The predicted molar refractivity (Wildman–Crippen MR) is 90.7 cm³/mol. The highest BCUT2D eigenvalue weighted by molar-refractivity contribution is 5.02. The van der Waals surface area contributed by atoms with Crippen molar-refractivity contribution in [3.8, 4) is 0 Å². The van der Waals surface area contributed by atoms with Crippen LogP contribution in [-0.2, 0) is 7.05 Å². The maximum Gasteiger partial charge on any atom is 0.127 e. The summed E-state index contributed by atoms with van der Waals surface area (Å²) in [6.45, 7) is 9.38. The lowest BCUT2D eigenvalue weighted by Crippen LogP contribution is -2.47. The fourth-order valence-corrected chi connectivity index (χ4v) is 4.66. The van der Waals surface area contributed by atoms with Gasteiger partial charge in [-0.1, -0.05) is 13.8 Å². The van der Waals surface area contributed by atoms with E-state index >= 15 is 0 Å². The molecule has 0 aromatic carbocycles. The van der Waals surface area contributed by atoms with E-state index in [9.17, 15) is 0 Å². The van der Waals surface area contributed by atoms with E-state index in [1.807, 2.05) is 6.20 Å². The van der Waals surface area contributed by atoms with Crippen molar-refractivity contribution >= 4 is 0 Å². The molecular weight excluding hydrogens is 272 g/mol. The van der Waals surface area contributed by atoms with Gasteiger partial charge in [-0.2, -0.15) is 0 Å². The zero-order chi connectivity index (χ0) is 15.5. The van der Waals surface area contributed by atoms with E-state index < -0.39 is 0 Å². The second-order valence-corrected chi connectivity index (χ2v) is 7.72. The van der Waals surface area contributed by atoms with Crippen LogP contribution in [-0.4, -0.2) is 40.6 Å². The monoisotopic (exact) mass is 304 g/mol. The lowest BCUT2D eigenvalue weighted by atomic mass is 9.75. The van der Waals surface area contributed by atoms with Crippen molar-refractivity contribution < 1.29 is 0 Å². The van der Waals surface area contributed by atoms with Gasteiger partial charge in [-0.05, 0) is 50.0 Å². The summed E-state index contributed by atoms with van der Waals surface area (Å²) in [6.07, 6.45) is 9.64. The van der Waals surface area contributed by atoms with Gasteiger partial charge in [-0.25, -0.2) is 4.98 Å². The summed E-state index contributed by atoms with van der Waals surface area (Å²) in [6, 6.07) is 0.437. The quantitative estimate of drug-likeness (QED) is 0.928. The largest absolute Gasteiger partial charge is 0.337 e. The molecule has 2 aliphatic rings. The second-order valence-electron chi connectivity index (χ2n) is 7.72. The summed E-state index contributed by atoms with van der Waals surface area (Å²) in [4.78, 5) is 7.25. The van der Waals surface area contributed by atoms with Crippen LogP contribution in [0.4, 0.5) is 0 Å². The molecule has 4 heteroatoms. The fourth-order valence-electron chi connectivity index (χ4n) is 4.66. The number of imidazole rings is 1. The Hall–Kier alpha value is -0.870. The topological polar surface area (TPSA) is 33.1 Å². The Morgan fingerprint density at radius 1 is 1.23 bits per heavy atom. The van der Waals surface area contributed by atoms with E-state index in [4.69, 9.17) is 0 Å². The highest BCUT2D eigenvalue weighted by atomic mass is 15.3. The van der Waals surface area contributed by atoms with Gasteiger partial charge >= 0.3 is 0 Å². The molecule has 0 amide bonds. The Balaban J connectivity index is 1.59. The SMILES string of the molecule is CC1CC(C)CC(CCN2CCNCC2c2nccn2C)C1. The minimum atomic E-state index is 0.437. The van der Waals surface area contributed by atoms with Crippen LogP contribution in [0.2, 0.25) is 0 Å². The van der Waals surface area contributed by atoms with Crippen LogP contribution in [0.25, 0.3) is 0 Å².